The fraction of sp³-hybridized carbons (Fsp3) is 0.500. The van der Waals surface area contributed by atoms with Crippen LogP contribution >= 0.6 is 15.9 Å². The zero-order valence-electron chi connectivity index (χ0n) is 8.67. The molecule has 3 heteroatoms. The van der Waals surface area contributed by atoms with Crippen LogP contribution in [-0.2, 0) is 6.42 Å². The lowest BCUT2D eigenvalue weighted by Gasteiger charge is -2.42. The molecule has 1 unspecified atom stereocenters. The van der Waals surface area contributed by atoms with Crippen molar-refractivity contribution in [1.82, 2.24) is 5.32 Å². The van der Waals surface area contributed by atoms with E-state index >= 15 is 0 Å². The number of anilines is 1. The predicted molar refractivity (Wildman–Crippen MR) is 66.5 cm³/mol. The Kier molecular flexibility index (Phi) is 2.45. The number of nitrogens with zero attached hydrogens (tertiary/aromatic N) is 1. The number of piperazine rings is 1. The third-order valence-electron chi connectivity index (χ3n) is 3.45. The molecule has 2 heterocycles. The van der Waals surface area contributed by atoms with Gasteiger partial charge in [0.25, 0.3) is 0 Å². The van der Waals surface area contributed by atoms with Crippen LogP contribution in [-0.4, -0.2) is 25.7 Å². The third-order valence-corrected chi connectivity index (χ3v) is 3.94. The second-order valence-corrected chi connectivity index (χ2v) is 5.28. The lowest BCUT2D eigenvalue weighted by atomic mass is 9.94. The number of hydrogen-bond acceptors (Lipinski definition) is 2. The minimum absolute atomic E-state index is 0.715. The summed E-state index contributed by atoms with van der Waals surface area (Å²) in [5.41, 5.74) is 2.96. The summed E-state index contributed by atoms with van der Waals surface area (Å²) in [5.74, 6) is 0. The first kappa shape index (κ1) is 9.67. The zero-order valence-corrected chi connectivity index (χ0v) is 10.3. The summed E-state index contributed by atoms with van der Waals surface area (Å²) in [7, 11) is 0. The average Bonchev–Trinajstić information content (AvgIpc) is 2.28. The second kappa shape index (κ2) is 3.80. The van der Waals surface area contributed by atoms with Crippen LogP contribution < -0.4 is 10.2 Å². The monoisotopic (exact) mass is 266 g/mol. The fourth-order valence-electron chi connectivity index (χ4n) is 2.69. The van der Waals surface area contributed by atoms with Gasteiger partial charge in [-0.1, -0.05) is 15.9 Å². The Bertz CT molecular complexity index is 378. The molecule has 1 aromatic carbocycles. The highest BCUT2D eigenvalue weighted by molar-refractivity contribution is 9.10. The Labute approximate surface area is 98.8 Å². The quantitative estimate of drug-likeness (QED) is 0.775. The zero-order chi connectivity index (χ0) is 10.3. The van der Waals surface area contributed by atoms with E-state index in [4.69, 9.17) is 0 Å². The Hall–Kier alpha value is -0.540. The maximum Gasteiger partial charge on any atom is 0.0418 e. The molecule has 2 aliphatic heterocycles. The Morgan fingerprint density at radius 2 is 2.33 bits per heavy atom. The molecule has 2 aliphatic rings. The molecule has 1 N–H and O–H groups in total. The number of halogens is 1. The topological polar surface area (TPSA) is 15.3 Å². The van der Waals surface area contributed by atoms with Crippen LogP contribution in [0.1, 0.15) is 12.0 Å². The van der Waals surface area contributed by atoms with Gasteiger partial charge in [-0.15, -0.1) is 0 Å². The average molecular weight is 267 g/mol. The van der Waals surface area contributed by atoms with Gasteiger partial charge in [-0.2, -0.15) is 0 Å². The summed E-state index contributed by atoms with van der Waals surface area (Å²) < 4.78 is 1.20. The van der Waals surface area contributed by atoms with E-state index in [-0.39, 0.29) is 0 Å². The van der Waals surface area contributed by atoms with Gasteiger partial charge < -0.3 is 10.2 Å². The van der Waals surface area contributed by atoms with E-state index in [0.29, 0.717) is 6.04 Å². The maximum absolute atomic E-state index is 3.55. The van der Waals surface area contributed by atoms with E-state index in [1.165, 1.54) is 28.6 Å². The second-order valence-electron chi connectivity index (χ2n) is 4.36. The molecule has 0 aromatic heterocycles. The van der Waals surface area contributed by atoms with Crippen molar-refractivity contribution in [3.8, 4) is 0 Å². The molecular formula is C12H15BrN2. The molecular weight excluding hydrogens is 252 g/mol. The Balaban J connectivity index is 1.99. The molecule has 80 valence electrons. The van der Waals surface area contributed by atoms with Crippen LogP contribution in [0.3, 0.4) is 0 Å². The van der Waals surface area contributed by atoms with Gasteiger partial charge in [-0.05, 0) is 36.6 Å². The minimum atomic E-state index is 0.715. The van der Waals surface area contributed by atoms with Gasteiger partial charge in [0.1, 0.15) is 0 Å². The summed E-state index contributed by atoms with van der Waals surface area (Å²) in [6.07, 6.45) is 2.51. The van der Waals surface area contributed by atoms with Gasteiger partial charge >= 0.3 is 0 Å². The summed E-state index contributed by atoms with van der Waals surface area (Å²) in [6.45, 7) is 3.42. The molecule has 15 heavy (non-hydrogen) atoms. The number of benzene rings is 1. The van der Waals surface area contributed by atoms with Crippen molar-refractivity contribution in [3.63, 3.8) is 0 Å². The van der Waals surface area contributed by atoms with Gasteiger partial charge in [0.2, 0.25) is 0 Å². The van der Waals surface area contributed by atoms with Crippen molar-refractivity contribution in [3.05, 3.63) is 28.2 Å². The van der Waals surface area contributed by atoms with E-state index in [2.05, 4.69) is 44.3 Å². The fourth-order valence-corrected chi connectivity index (χ4v) is 3.10. The SMILES string of the molecule is Brc1ccc2c(c1)CCC1CNCCN21. The molecule has 2 nitrogen and oxygen atoms in total. The summed E-state index contributed by atoms with van der Waals surface area (Å²) in [5, 5.41) is 3.48. The predicted octanol–water partition coefficient (Wildman–Crippen LogP) is 2.17. The third kappa shape index (κ3) is 1.68. The van der Waals surface area contributed by atoms with Crippen molar-refractivity contribution in [1.29, 1.82) is 0 Å². The van der Waals surface area contributed by atoms with Crippen LogP contribution in [0.15, 0.2) is 22.7 Å². The van der Waals surface area contributed by atoms with Crippen LogP contribution in [0.5, 0.6) is 0 Å². The molecule has 0 bridgehead atoms. The lowest BCUT2D eigenvalue weighted by molar-refractivity contribution is 0.440. The standard InChI is InChI=1S/C12H15BrN2/c13-10-2-4-12-9(7-10)1-3-11-8-14-5-6-15(11)12/h2,4,7,11,14H,1,3,5-6,8H2. The number of hydrogen-bond donors (Lipinski definition) is 1. The van der Waals surface area contributed by atoms with Gasteiger partial charge in [-0.3, -0.25) is 0 Å². The Morgan fingerprint density at radius 1 is 1.40 bits per heavy atom. The van der Waals surface area contributed by atoms with Crippen LogP contribution in [0.2, 0.25) is 0 Å². The number of aryl methyl sites for hydroxylation is 1. The normalized spacial score (nSPS) is 24.6. The molecule has 1 atom stereocenters. The molecule has 0 saturated carbocycles. The van der Waals surface area contributed by atoms with E-state index in [9.17, 15) is 0 Å². The molecule has 0 aliphatic carbocycles. The van der Waals surface area contributed by atoms with Crippen LogP contribution in [0, 0.1) is 0 Å². The summed E-state index contributed by atoms with van der Waals surface area (Å²) in [6, 6.07) is 7.40. The van der Waals surface area contributed by atoms with Crippen molar-refractivity contribution >= 4 is 21.6 Å². The van der Waals surface area contributed by atoms with Crippen molar-refractivity contribution < 1.29 is 0 Å². The highest BCUT2D eigenvalue weighted by atomic mass is 79.9. The molecule has 1 fully saturated rings. The van der Waals surface area contributed by atoms with Crippen molar-refractivity contribution in [2.45, 2.75) is 18.9 Å². The number of nitrogens with one attached hydrogen (secondary N) is 1. The van der Waals surface area contributed by atoms with E-state index in [1.54, 1.807) is 0 Å². The van der Waals surface area contributed by atoms with E-state index in [0.717, 1.165) is 19.6 Å². The summed E-state index contributed by atoms with van der Waals surface area (Å²) in [4.78, 5) is 2.57. The molecule has 1 saturated heterocycles. The van der Waals surface area contributed by atoms with Crippen molar-refractivity contribution in [2.75, 3.05) is 24.5 Å². The van der Waals surface area contributed by atoms with Gasteiger partial charge in [0.05, 0.1) is 0 Å². The van der Waals surface area contributed by atoms with Gasteiger partial charge in [0, 0.05) is 35.8 Å². The van der Waals surface area contributed by atoms with E-state index < -0.39 is 0 Å². The smallest absolute Gasteiger partial charge is 0.0418 e. The number of fused-ring (bicyclic) bond motifs is 3. The first-order valence-corrected chi connectivity index (χ1v) is 6.40. The molecule has 3 rings (SSSR count). The van der Waals surface area contributed by atoms with Gasteiger partial charge in [-0.25, -0.2) is 0 Å². The van der Waals surface area contributed by atoms with E-state index in [1.807, 2.05) is 0 Å². The molecule has 0 spiro atoms. The minimum Gasteiger partial charge on any atom is -0.366 e. The lowest BCUT2D eigenvalue weighted by Crippen LogP contribution is -2.53. The van der Waals surface area contributed by atoms with Crippen molar-refractivity contribution in [2.24, 2.45) is 0 Å². The first-order chi connectivity index (χ1) is 7.34. The maximum atomic E-state index is 3.55. The van der Waals surface area contributed by atoms with Crippen LogP contribution in [0.25, 0.3) is 0 Å². The largest absolute Gasteiger partial charge is 0.366 e. The first-order valence-electron chi connectivity index (χ1n) is 5.60. The Morgan fingerprint density at radius 3 is 3.27 bits per heavy atom. The highest BCUT2D eigenvalue weighted by Crippen LogP contribution is 2.33. The number of rotatable bonds is 0. The van der Waals surface area contributed by atoms with Gasteiger partial charge in [0.15, 0.2) is 0 Å². The molecule has 1 aromatic rings. The summed E-state index contributed by atoms with van der Waals surface area (Å²) >= 11 is 3.55. The highest BCUT2D eigenvalue weighted by Gasteiger charge is 2.27. The molecule has 0 radical (unpaired) electrons. The molecule has 0 amide bonds. The van der Waals surface area contributed by atoms with Crippen LogP contribution in [0.4, 0.5) is 5.69 Å².